The van der Waals surface area contributed by atoms with Crippen LogP contribution in [0.25, 0.3) is 0 Å². The topological polar surface area (TPSA) is 55.1 Å². The number of amides is 1. The molecule has 1 rings (SSSR count). The number of carbonyl (C=O) groups excluding carboxylic acids is 1. The Kier molecular flexibility index (Phi) is 4.29. The lowest BCUT2D eigenvalue weighted by atomic mass is 10.0. The van der Waals surface area contributed by atoms with Crippen molar-refractivity contribution >= 4 is 17.2 Å². The van der Waals surface area contributed by atoms with Crippen molar-refractivity contribution in [1.29, 1.82) is 0 Å². The predicted molar refractivity (Wildman–Crippen MR) is 63.7 cm³/mol. The van der Waals surface area contributed by atoms with Crippen LogP contribution in [0, 0.1) is 5.92 Å². The molecule has 0 saturated heterocycles. The SMILES string of the molecule is CC(NC(=O)[C@@H](N)C(C)C)c1cccs1. The molecule has 1 amide bonds. The average molecular weight is 226 g/mol. The molecule has 0 aliphatic carbocycles. The fourth-order valence-electron chi connectivity index (χ4n) is 1.22. The third kappa shape index (κ3) is 3.32. The van der Waals surface area contributed by atoms with Gasteiger partial charge in [-0.05, 0) is 24.3 Å². The molecule has 0 aromatic carbocycles. The summed E-state index contributed by atoms with van der Waals surface area (Å²) in [4.78, 5) is 12.8. The summed E-state index contributed by atoms with van der Waals surface area (Å²) in [6.07, 6.45) is 0. The van der Waals surface area contributed by atoms with Crippen molar-refractivity contribution in [1.82, 2.24) is 5.32 Å². The third-order valence-corrected chi connectivity index (χ3v) is 3.40. The summed E-state index contributed by atoms with van der Waals surface area (Å²) < 4.78 is 0. The van der Waals surface area contributed by atoms with Gasteiger partial charge in [0.15, 0.2) is 0 Å². The van der Waals surface area contributed by atoms with E-state index < -0.39 is 6.04 Å². The molecule has 1 aromatic rings. The number of hydrogen-bond acceptors (Lipinski definition) is 3. The Morgan fingerprint density at radius 2 is 2.13 bits per heavy atom. The van der Waals surface area contributed by atoms with Gasteiger partial charge in [0, 0.05) is 4.88 Å². The summed E-state index contributed by atoms with van der Waals surface area (Å²) in [5, 5.41) is 4.91. The van der Waals surface area contributed by atoms with Crippen molar-refractivity contribution in [3.05, 3.63) is 22.4 Å². The van der Waals surface area contributed by atoms with E-state index in [1.54, 1.807) is 11.3 Å². The van der Waals surface area contributed by atoms with Gasteiger partial charge in [-0.25, -0.2) is 0 Å². The van der Waals surface area contributed by atoms with Crippen LogP contribution in [0.2, 0.25) is 0 Å². The largest absolute Gasteiger partial charge is 0.347 e. The number of carbonyl (C=O) groups is 1. The first kappa shape index (κ1) is 12.2. The normalized spacial score (nSPS) is 15.0. The Balaban J connectivity index is 2.52. The van der Waals surface area contributed by atoms with E-state index in [0.717, 1.165) is 4.88 Å². The molecule has 0 spiro atoms. The van der Waals surface area contributed by atoms with E-state index in [-0.39, 0.29) is 17.9 Å². The van der Waals surface area contributed by atoms with Gasteiger partial charge in [-0.2, -0.15) is 0 Å². The van der Waals surface area contributed by atoms with Crippen LogP contribution < -0.4 is 11.1 Å². The second kappa shape index (κ2) is 5.28. The zero-order valence-electron chi connectivity index (χ0n) is 9.36. The molecule has 1 unspecified atom stereocenters. The van der Waals surface area contributed by atoms with Gasteiger partial charge in [0.05, 0.1) is 12.1 Å². The molecule has 0 saturated carbocycles. The summed E-state index contributed by atoms with van der Waals surface area (Å²) in [5.74, 6) is 0.0893. The van der Waals surface area contributed by atoms with Crippen molar-refractivity contribution in [2.75, 3.05) is 0 Å². The summed E-state index contributed by atoms with van der Waals surface area (Å²) in [6.45, 7) is 5.86. The predicted octanol–water partition coefficient (Wildman–Crippen LogP) is 1.91. The van der Waals surface area contributed by atoms with Crippen molar-refractivity contribution in [3.63, 3.8) is 0 Å². The highest BCUT2D eigenvalue weighted by atomic mass is 32.1. The van der Waals surface area contributed by atoms with E-state index in [4.69, 9.17) is 5.73 Å². The maximum atomic E-state index is 11.7. The highest BCUT2D eigenvalue weighted by molar-refractivity contribution is 7.10. The summed E-state index contributed by atoms with van der Waals surface area (Å²) >= 11 is 1.64. The van der Waals surface area contributed by atoms with E-state index >= 15 is 0 Å². The zero-order chi connectivity index (χ0) is 11.4. The van der Waals surface area contributed by atoms with E-state index in [1.807, 2.05) is 38.3 Å². The molecule has 3 nitrogen and oxygen atoms in total. The lowest BCUT2D eigenvalue weighted by molar-refractivity contribution is -0.123. The van der Waals surface area contributed by atoms with Crippen LogP contribution >= 0.6 is 11.3 Å². The van der Waals surface area contributed by atoms with E-state index in [0.29, 0.717) is 0 Å². The molecule has 0 bridgehead atoms. The highest BCUT2D eigenvalue weighted by Gasteiger charge is 2.19. The molecular weight excluding hydrogens is 208 g/mol. The van der Waals surface area contributed by atoms with Gasteiger partial charge >= 0.3 is 0 Å². The van der Waals surface area contributed by atoms with Gasteiger partial charge < -0.3 is 11.1 Å². The Labute approximate surface area is 94.7 Å². The Hall–Kier alpha value is -0.870. The van der Waals surface area contributed by atoms with Crippen LogP contribution in [-0.4, -0.2) is 11.9 Å². The van der Waals surface area contributed by atoms with Crippen LogP contribution in [0.1, 0.15) is 31.7 Å². The molecule has 0 aliphatic rings. The summed E-state index contributed by atoms with van der Waals surface area (Å²) in [6, 6.07) is 3.61. The quantitative estimate of drug-likeness (QED) is 0.824. The monoisotopic (exact) mass is 226 g/mol. The first-order valence-electron chi connectivity index (χ1n) is 5.11. The Morgan fingerprint density at radius 1 is 1.47 bits per heavy atom. The highest BCUT2D eigenvalue weighted by Crippen LogP contribution is 2.18. The zero-order valence-corrected chi connectivity index (χ0v) is 10.2. The maximum absolute atomic E-state index is 11.7. The third-order valence-electron chi connectivity index (χ3n) is 2.35. The van der Waals surface area contributed by atoms with E-state index in [9.17, 15) is 4.79 Å². The number of thiophene rings is 1. The van der Waals surface area contributed by atoms with Gasteiger partial charge in [-0.1, -0.05) is 19.9 Å². The standard InChI is InChI=1S/C11H18N2OS/c1-7(2)10(12)11(14)13-8(3)9-5-4-6-15-9/h4-8,10H,12H2,1-3H3,(H,13,14)/t8?,10-/m0/s1. The first-order valence-corrected chi connectivity index (χ1v) is 5.99. The number of nitrogens with one attached hydrogen (secondary N) is 1. The van der Waals surface area contributed by atoms with Crippen LogP contribution in [0.4, 0.5) is 0 Å². The van der Waals surface area contributed by atoms with Crippen LogP contribution in [-0.2, 0) is 4.79 Å². The molecule has 0 fully saturated rings. The molecule has 0 aliphatic heterocycles. The van der Waals surface area contributed by atoms with Crippen LogP contribution in [0.5, 0.6) is 0 Å². The van der Waals surface area contributed by atoms with E-state index in [2.05, 4.69) is 5.32 Å². The maximum Gasteiger partial charge on any atom is 0.237 e. The number of nitrogens with two attached hydrogens (primary N) is 1. The summed E-state index contributed by atoms with van der Waals surface area (Å²) in [7, 11) is 0. The molecule has 4 heteroatoms. The fraction of sp³-hybridized carbons (Fsp3) is 0.545. The minimum absolute atomic E-state index is 0.0438. The average Bonchev–Trinajstić information content (AvgIpc) is 2.68. The number of hydrogen-bond donors (Lipinski definition) is 2. The van der Waals surface area contributed by atoms with Crippen molar-refractivity contribution in [2.45, 2.75) is 32.9 Å². The van der Waals surface area contributed by atoms with Crippen LogP contribution in [0.15, 0.2) is 17.5 Å². The first-order chi connectivity index (χ1) is 7.02. The van der Waals surface area contributed by atoms with Gasteiger partial charge in [0.1, 0.15) is 0 Å². The smallest absolute Gasteiger partial charge is 0.237 e. The minimum atomic E-state index is -0.424. The molecule has 2 atom stereocenters. The second-order valence-corrected chi connectivity index (χ2v) is 4.99. The van der Waals surface area contributed by atoms with Gasteiger partial charge in [0.25, 0.3) is 0 Å². The molecule has 1 aromatic heterocycles. The van der Waals surface area contributed by atoms with Crippen LogP contribution in [0.3, 0.4) is 0 Å². The summed E-state index contributed by atoms with van der Waals surface area (Å²) in [5.41, 5.74) is 5.75. The van der Waals surface area contributed by atoms with Crippen molar-refractivity contribution in [2.24, 2.45) is 11.7 Å². The number of rotatable bonds is 4. The molecular formula is C11H18N2OS. The second-order valence-electron chi connectivity index (χ2n) is 4.02. The fourth-order valence-corrected chi connectivity index (χ4v) is 1.96. The van der Waals surface area contributed by atoms with Gasteiger partial charge in [-0.15, -0.1) is 11.3 Å². The van der Waals surface area contributed by atoms with Crippen molar-refractivity contribution in [3.8, 4) is 0 Å². The van der Waals surface area contributed by atoms with Gasteiger partial charge in [0.2, 0.25) is 5.91 Å². The Morgan fingerprint density at radius 3 is 2.60 bits per heavy atom. The molecule has 3 N–H and O–H groups in total. The lowest BCUT2D eigenvalue weighted by Gasteiger charge is -2.18. The van der Waals surface area contributed by atoms with Gasteiger partial charge in [-0.3, -0.25) is 4.79 Å². The minimum Gasteiger partial charge on any atom is -0.347 e. The molecule has 84 valence electrons. The molecule has 15 heavy (non-hydrogen) atoms. The Bertz CT molecular complexity index is 308. The van der Waals surface area contributed by atoms with E-state index in [1.165, 1.54) is 0 Å². The van der Waals surface area contributed by atoms with Crippen molar-refractivity contribution < 1.29 is 4.79 Å². The molecule has 1 heterocycles. The molecule has 0 radical (unpaired) electrons. The lowest BCUT2D eigenvalue weighted by Crippen LogP contribution is -2.44.